The van der Waals surface area contributed by atoms with Crippen LogP contribution in [0.4, 0.5) is 18.9 Å². The summed E-state index contributed by atoms with van der Waals surface area (Å²) in [6.07, 6.45) is 1.35. The molecule has 0 bridgehead atoms. The lowest BCUT2D eigenvalue weighted by atomic mass is 9.13. The summed E-state index contributed by atoms with van der Waals surface area (Å²) < 4.78 is 51.5. The number of hydrogen-bond donors (Lipinski definition) is 1. The molecule has 6 rings (SSSR count). The molecule has 0 aromatic heterocycles. The van der Waals surface area contributed by atoms with Crippen molar-refractivity contribution in [3.8, 4) is 6.07 Å². The Morgan fingerprint density at radius 3 is 2.47 bits per heavy atom. The number of nitrogens with one attached hydrogen (secondary N) is 1. The Morgan fingerprint density at radius 1 is 1.13 bits per heavy atom. The molecule has 5 aliphatic rings. The highest BCUT2D eigenvalue weighted by atomic mass is 32.1. The molecule has 2 unspecified atom stereocenters. The highest BCUT2D eigenvalue weighted by molar-refractivity contribution is 7.80. The van der Waals surface area contributed by atoms with Crippen LogP contribution in [0, 0.1) is 39.9 Å². The van der Waals surface area contributed by atoms with Crippen LogP contribution in [0.2, 0.25) is 0 Å². The fraction of sp³-hybridized carbons (Fsp3) is 0.656. The molecule has 9 nitrogen and oxygen atoms in total. The van der Waals surface area contributed by atoms with E-state index in [0.717, 1.165) is 34.8 Å². The number of thiocarbonyl (C=S) groups is 1. The average Bonchev–Trinajstić information content (AvgIpc) is 3.10. The van der Waals surface area contributed by atoms with Crippen LogP contribution in [-0.2, 0) is 30.0 Å². The smallest absolute Gasteiger partial charge is 0.417 e. The fourth-order valence-electron chi connectivity index (χ4n) is 9.30. The molecule has 1 aromatic carbocycles. The van der Waals surface area contributed by atoms with Gasteiger partial charge in [-0.05, 0) is 105 Å². The highest BCUT2D eigenvalue weighted by Crippen LogP contribution is 2.93. The number of ether oxygens (including phenoxy) is 2. The van der Waals surface area contributed by atoms with Crippen molar-refractivity contribution in [1.29, 1.82) is 5.26 Å². The lowest BCUT2D eigenvalue weighted by Gasteiger charge is -2.91. The third-order valence-electron chi connectivity index (χ3n) is 11.2. The number of nitrogens with zero attached hydrogens (tertiary/aromatic N) is 3. The average molecular weight is 647 g/mol. The molecule has 1 N–H and O–H groups in total. The SMILES string of the molecule is CC1(C)C(=O)N(c2ccc(C#N)c(C(F)(F)F)c2)C(=S)N1CCCC(=O)NCCOCCOC(=O)CC12CC3CC4CC(C1)C432. The first-order valence-electron chi connectivity index (χ1n) is 15.5. The molecule has 2 atom stereocenters. The minimum absolute atomic E-state index is 0.0284. The van der Waals surface area contributed by atoms with Gasteiger partial charge in [0.15, 0.2) is 5.11 Å². The van der Waals surface area contributed by atoms with E-state index in [1.807, 2.05) is 0 Å². The predicted molar refractivity (Wildman–Crippen MR) is 159 cm³/mol. The molecule has 242 valence electrons. The van der Waals surface area contributed by atoms with Crippen molar-refractivity contribution < 1.29 is 37.0 Å². The van der Waals surface area contributed by atoms with Crippen LogP contribution >= 0.6 is 12.2 Å². The molecule has 1 heterocycles. The monoisotopic (exact) mass is 646 g/mol. The van der Waals surface area contributed by atoms with Gasteiger partial charge in [0.2, 0.25) is 5.91 Å². The second kappa shape index (κ2) is 11.2. The predicted octanol–water partition coefficient (Wildman–Crippen LogP) is 4.57. The van der Waals surface area contributed by atoms with Crippen molar-refractivity contribution in [2.75, 3.05) is 37.8 Å². The third-order valence-corrected chi connectivity index (χ3v) is 11.6. The topological polar surface area (TPSA) is 112 Å². The van der Waals surface area contributed by atoms with Gasteiger partial charge in [-0.2, -0.15) is 18.4 Å². The van der Waals surface area contributed by atoms with Gasteiger partial charge in [-0.3, -0.25) is 19.3 Å². The van der Waals surface area contributed by atoms with Gasteiger partial charge in [-0.15, -0.1) is 0 Å². The van der Waals surface area contributed by atoms with E-state index in [4.69, 9.17) is 27.0 Å². The van der Waals surface area contributed by atoms with E-state index in [-0.39, 0.29) is 67.4 Å². The van der Waals surface area contributed by atoms with E-state index in [1.54, 1.807) is 18.7 Å². The van der Waals surface area contributed by atoms with Crippen molar-refractivity contribution in [3.05, 3.63) is 29.3 Å². The van der Waals surface area contributed by atoms with Gasteiger partial charge in [0.25, 0.3) is 5.91 Å². The van der Waals surface area contributed by atoms with E-state index in [9.17, 15) is 27.6 Å². The summed E-state index contributed by atoms with van der Waals surface area (Å²) in [6, 6.07) is 4.57. The van der Waals surface area contributed by atoms with E-state index < -0.39 is 28.7 Å². The summed E-state index contributed by atoms with van der Waals surface area (Å²) in [6.45, 7) is 4.45. The zero-order valence-electron chi connectivity index (χ0n) is 25.4. The van der Waals surface area contributed by atoms with E-state index in [2.05, 4.69) is 5.32 Å². The van der Waals surface area contributed by atoms with Gasteiger partial charge in [-0.25, -0.2) is 0 Å². The first kappa shape index (κ1) is 31.7. The van der Waals surface area contributed by atoms with Gasteiger partial charge < -0.3 is 19.7 Å². The molecule has 2 amide bonds. The number of amides is 2. The molecule has 1 saturated heterocycles. The Kier molecular flexibility index (Phi) is 7.92. The second-order valence-corrected chi connectivity index (χ2v) is 14.0. The van der Waals surface area contributed by atoms with Crippen LogP contribution in [0.25, 0.3) is 0 Å². The van der Waals surface area contributed by atoms with Crippen LogP contribution in [-0.4, -0.2) is 66.2 Å². The van der Waals surface area contributed by atoms with Crippen molar-refractivity contribution in [2.45, 2.75) is 70.5 Å². The van der Waals surface area contributed by atoms with Crippen LogP contribution in [0.1, 0.15) is 69.9 Å². The largest absolute Gasteiger partial charge is 0.463 e. The number of alkyl halides is 3. The van der Waals surface area contributed by atoms with Crippen molar-refractivity contribution >= 4 is 40.8 Å². The zero-order valence-corrected chi connectivity index (χ0v) is 26.2. The third kappa shape index (κ3) is 4.90. The standard InChI is InChI=1S/C32H37F3N4O5S/c1-29(2)27(42)39(23-6-5-19(18-36)24(14-23)32(33,34)35)28(45)38(29)8-3-4-25(40)37-7-9-43-10-11-44-26(41)17-30-15-21-12-20-13-22(16-30)31(20,21)30/h5-6,14,20-22H,3-4,7-13,15-17H2,1-2H3,(H,37,40). The normalized spacial score (nSPS) is 30.2. The molecule has 1 spiro atoms. The number of hydrogen-bond acceptors (Lipinski definition) is 7. The van der Waals surface area contributed by atoms with Crippen LogP contribution in [0.3, 0.4) is 0 Å². The number of halogens is 3. The Bertz CT molecular complexity index is 1450. The molecular weight excluding hydrogens is 609 g/mol. The molecule has 13 heteroatoms. The van der Waals surface area contributed by atoms with Gasteiger partial charge in [0.05, 0.1) is 42.5 Å². The van der Waals surface area contributed by atoms with E-state index in [0.29, 0.717) is 18.3 Å². The Morgan fingerprint density at radius 2 is 1.84 bits per heavy atom. The number of esters is 1. The number of carbonyl (C=O) groups excluding carboxylic acids is 3. The minimum atomic E-state index is -4.78. The summed E-state index contributed by atoms with van der Waals surface area (Å²) in [7, 11) is 0. The van der Waals surface area contributed by atoms with Crippen LogP contribution in [0.15, 0.2) is 18.2 Å². The lowest BCUT2D eigenvalue weighted by Crippen LogP contribution is -2.85. The summed E-state index contributed by atoms with van der Waals surface area (Å²) in [5.41, 5.74) is -2.19. The maximum atomic E-state index is 13.5. The molecule has 45 heavy (non-hydrogen) atoms. The van der Waals surface area contributed by atoms with Crippen LogP contribution < -0.4 is 10.2 Å². The number of anilines is 1. The zero-order chi connectivity index (χ0) is 32.4. The van der Waals surface area contributed by atoms with Gasteiger partial charge >= 0.3 is 12.1 Å². The summed E-state index contributed by atoms with van der Waals surface area (Å²) in [5.74, 6) is 1.72. The van der Waals surface area contributed by atoms with Crippen LogP contribution in [0.5, 0.6) is 0 Å². The molecule has 5 fully saturated rings. The highest BCUT2D eigenvalue weighted by Gasteiger charge is 2.87. The Balaban J connectivity index is 0.876. The summed E-state index contributed by atoms with van der Waals surface area (Å²) >= 11 is 5.48. The molecule has 1 aliphatic heterocycles. The Labute approximate surface area is 265 Å². The molecule has 4 aliphatic carbocycles. The maximum Gasteiger partial charge on any atom is 0.417 e. The summed E-state index contributed by atoms with van der Waals surface area (Å²) in [5, 5.41) is 11.9. The number of benzene rings is 1. The fourth-order valence-corrected chi connectivity index (χ4v) is 9.80. The van der Waals surface area contributed by atoms with Crippen molar-refractivity contribution in [3.63, 3.8) is 0 Å². The molecule has 1 aromatic rings. The van der Waals surface area contributed by atoms with Gasteiger partial charge in [0, 0.05) is 19.5 Å². The Hall–Kier alpha value is -3.24. The molecule has 4 saturated carbocycles. The number of rotatable bonds is 13. The van der Waals surface area contributed by atoms with E-state index >= 15 is 0 Å². The molecule has 0 radical (unpaired) electrons. The van der Waals surface area contributed by atoms with Gasteiger partial charge in [-0.1, -0.05) is 0 Å². The molecular formula is C32H37F3N4O5S. The number of nitriles is 1. The van der Waals surface area contributed by atoms with E-state index in [1.165, 1.54) is 37.8 Å². The van der Waals surface area contributed by atoms with Crippen molar-refractivity contribution in [2.24, 2.45) is 28.6 Å². The first-order valence-corrected chi connectivity index (χ1v) is 15.9. The summed E-state index contributed by atoms with van der Waals surface area (Å²) in [4.78, 5) is 40.6. The quantitative estimate of drug-likeness (QED) is 0.189. The second-order valence-electron chi connectivity index (χ2n) is 13.6. The minimum Gasteiger partial charge on any atom is -0.463 e. The van der Waals surface area contributed by atoms with Gasteiger partial charge in [0.1, 0.15) is 12.1 Å². The number of carbonyl (C=O) groups is 3. The first-order chi connectivity index (χ1) is 21.3. The maximum absolute atomic E-state index is 13.5. The van der Waals surface area contributed by atoms with Crippen molar-refractivity contribution in [1.82, 2.24) is 10.2 Å². The lowest BCUT2D eigenvalue weighted by molar-refractivity contribution is -0.431.